The Morgan fingerprint density at radius 1 is 0.512 bits per heavy atom. The zero-order valence-corrected chi connectivity index (χ0v) is 47.8. The Labute approximate surface area is 483 Å². The summed E-state index contributed by atoms with van der Waals surface area (Å²) < 4.78 is 0. The number of nitrogens with two attached hydrogens (primary N) is 10. The zero-order valence-electron chi connectivity index (χ0n) is 47.8. The molecule has 1 rings (SSSR count). The monoisotopic (exact) mass is 1220 g/mol. The number of aromatic amines is 1. The number of carbonyl (C=O) groups is 12. The van der Waals surface area contributed by atoms with Gasteiger partial charge in [0.1, 0.15) is 54.4 Å². The van der Waals surface area contributed by atoms with E-state index >= 15 is 0 Å². The molecule has 0 fully saturated rings. The summed E-state index contributed by atoms with van der Waals surface area (Å²) in [6.07, 6.45) is 4.74. The second-order valence-electron chi connectivity index (χ2n) is 18.0. The molecule has 0 aliphatic rings. The maximum atomic E-state index is 10.3. The summed E-state index contributed by atoms with van der Waals surface area (Å²) >= 11 is 0. The summed E-state index contributed by atoms with van der Waals surface area (Å²) in [6.45, 7) is 13.1. The number of carboxylic acids is 12. The maximum absolute atomic E-state index is 10.3. The molecule has 35 N–H and O–H groups in total. The molecule has 0 radical (unpaired) electrons. The fourth-order valence-electron chi connectivity index (χ4n) is 3.86. The molecular weight excluding hydrogens is 1130 g/mol. The van der Waals surface area contributed by atoms with Crippen LogP contribution in [0.2, 0.25) is 0 Å². The van der Waals surface area contributed by atoms with E-state index in [1.807, 2.05) is 27.7 Å². The first-order valence-corrected chi connectivity index (χ1v) is 24.7. The van der Waals surface area contributed by atoms with E-state index in [4.69, 9.17) is 124 Å². The Balaban J connectivity index is -0.000000130. The van der Waals surface area contributed by atoms with Gasteiger partial charge in [-0.15, -0.1) is 0 Å². The molecule has 490 valence electrons. The van der Waals surface area contributed by atoms with E-state index in [-0.39, 0.29) is 49.9 Å². The number of hydrogen-bond acceptors (Lipinski definition) is 23. The summed E-state index contributed by atoms with van der Waals surface area (Å²) in [7, 11) is 0. The van der Waals surface area contributed by atoms with Gasteiger partial charge in [-0.05, 0) is 56.8 Å². The van der Waals surface area contributed by atoms with Crippen LogP contribution in [0.15, 0.2) is 12.5 Å². The van der Waals surface area contributed by atoms with Crippen LogP contribution in [0.4, 0.5) is 0 Å². The van der Waals surface area contributed by atoms with Gasteiger partial charge in [-0.25, -0.2) is 4.98 Å². The number of carboxylic acid groups (broad SMARTS) is 12. The van der Waals surface area contributed by atoms with Crippen molar-refractivity contribution in [2.45, 2.75) is 167 Å². The van der Waals surface area contributed by atoms with Gasteiger partial charge in [0.05, 0.1) is 18.4 Å². The average molecular weight is 1230 g/mol. The summed E-state index contributed by atoms with van der Waals surface area (Å²) in [5.74, 6) is -12.3. The van der Waals surface area contributed by atoms with Crippen LogP contribution in [-0.2, 0) is 64.0 Å². The predicted octanol–water partition coefficient (Wildman–Crippen LogP) is -4.21. The summed E-state index contributed by atoms with van der Waals surface area (Å²) in [6, 6.07) is -7.92. The number of aromatic nitrogens is 2. The second-order valence-corrected chi connectivity index (χ2v) is 18.0. The highest BCUT2D eigenvalue weighted by molar-refractivity contribution is 5.80. The van der Waals surface area contributed by atoms with Gasteiger partial charge in [-0.1, -0.05) is 48.0 Å². The Bertz CT molecular complexity index is 2030. The molecule has 84 heavy (non-hydrogen) atoms. The second kappa shape index (κ2) is 55.3. The highest BCUT2D eigenvalue weighted by Crippen LogP contribution is 2.05. The normalized spacial score (nSPS) is 13.3. The zero-order chi connectivity index (χ0) is 68.3. The molecular formula is C46H92N14O24. The largest absolute Gasteiger partial charge is 0.481 e. The lowest BCUT2D eigenvalue weighted by Crippen LogP contribution is -2.36. The topological polar surface area (TPSA) is 772 Å². The van der Waals surface area contributed by atoms with Crippen molar-refractivity contribution in [1.29, 1.82) is 5.41 Å². The lowest BCUT2D eigenvalue weighted by Gasteiger charge is -2.11. The van der Waals surface area contributed by atoms with Crippen molar-refractivity contribution >= 4 is 77.6 Å². The number of hydrogen-bond donors (Lipinski definition) is 25. The summed E-state index contributed by atoms with van der Waals surface area (Å²) in [4.78, 5) is 126. The van der Waals surface area contributed by atoms with E-state index in [0.29, 0.717) is 37.4 Å². The smallest absolute Gasteiger partial charge is 0.321 e. The predicted molar refractivity (Wildman–Crippen MR) is 297 cm³/mol. The van der Waals surface area contributed by atoms with E-state index in [1.165, 1.54) is 13.3 Å². The number of aliphatic carboxylic acids is 12. The van der Waals surface area contributed by atoms with Crippen molar-refractivity contribution in [3.05, 3.63) is 18.2 Å². The Kier molecular flexibility index (Phi) is 60.7. The van der Waals surface area contributed by atoms with Crippen LogP contribution in [0.1, 0.15) is 112 Å². The van der Waals surface area contributed by atoms with Crippen LogP contribution in [0, 0.1) is 23.2 Å². The van der Waals surface area contributed by atoms with Crippen LogP contribution < -0.4 is 62.7 Å². The summed E-state index contributed by atoms with van der Waals surface area (Å²) in [5, 5.41) is 107. The number of rotatable bonds is 28. The fraction of sp³-hybridized carbons (Fsp3) is 0.652. The third-order valence-electron chi connectivity index (χ3n) is 9.29. The Morgan fingerprint density at radius 3 is 1.06 bits per heavy atom. The molecule has 0 saturated carbocycles. The summed E-state index contributed by atoms with van der Waals surface area (Å²) in [5.41, 5.74) is 51.5. The van der Waals surface area contributed by atoms with Crippen LogP contribution >= 0.6 is 0 Å². The molecule has 0 aromatic carbocycles. The number of nitrogens with zero attached hydrogens (tertiary/aromatic N) is 1. The lowest BCUT2D eigenvalue weighted by atomic mass is 10.0. The number of nitrogens with one attached hydrogen (secondary N) is 3. The van der Waals surface area contributed by atoms with Gasteiger partial charge in [0.15, 0.2) is 5.96 Å². The van der Waals surface area contributed by atoms with Crippen molar-refractivity contribution < 1.29 is 119 Å². The van der Waals surface area contributed by atoms with Crippen molar-refractivity contribution in [3.8, 4) is 0 Å². The highest BCUT2D eigenvalue weighted by Gasteiger charge is 2.19. The van der Waals surface area contributed by atoms with Gasteiger partial charge in [-0.2, -0.15) is 0 Å². The van der Waals surface area contributed by atoms with Crippen LogP contribution in [0.25, 0.3) is 0 Å². The molecule has 0 unspecified atom stereocenters. The Hall–Kier alpha value is -8.24. The minimum absolute atomic E-state index is 0.0208. The molecule has 1 heterocycles. The number of imidazole rings is 1. The standard InChI is InChI=1S/C6H14N4O2.C6H9N3O2.2C6H13NO2.2C5H9NO4.C5H11NO2.C4H7NO4.C3H7NO2/c7-4(5(11)12)2-1-3-10-6(8)9;7-5(6(10)11)1-4-2-8-3-9-4;1-4(2)3-5(7)6(8)9;1-3-4(2)5(7)6(8)9;2*6-3(5(9)10)1-2-4(7)8;1-3(2)4(6)5(7)8;5-2(4(8)9)1-3(6)7;1-2(4)3(5)6/h4H,1-3,7H2,(H,11,12)(H4,8,9,10);2-3,5H,1,7H2,(H,8,9)(H,10,11);2*4-5H,3,7H2,1-2H3,(H,8,9);2*3H,1-2,6H2,(H,7,8)(H,9,10);3-4H,6H2,1-2H3,(H,7,8);2H,1,5H2,(H,6,7)(H,8,9);2H,4H2,1H3,(H,5,6)/t4-;2*5-;4-,5-;2*3-;4-;2*2-/m000000000/s1. The van der Waals surface area contributed by atoms with E-state index in [1.54, 1.807) is 20.0 Å². The molecule has 38 heteroatoms. The molecule has 10 atom stereocenters. The van der Waals surface area contributed by atoms with E-state index in [2.05, 4.69) is 15.3 Å². The lowest BCUT2D eigenvalue weighted by molar-refractivity contribution is -0.144. The SMILES string of the molecule is CC(C)C[C@H](N)C(=O)O.CC(C)[C@H](N)C(=O)O.CC[C@H](C)[C@H](N)C(=O)O.C[C@H](N)C(=O)O.N=C(N)NCCC[C@H](N)C(=O)O.N[C@@H](CC(=O)O)C(=O)O.N[C@@H](CCC(=O)O)C(=O)O.N[C@@H](CCC(=O)O)C(=O)O.N[C@@H](Cc1c[nH]cn1)C(=O)O. The quantitative estimate of drug-likeness (QED) is 0.0215. The average Bonchev–Trinajstić information content (AvgIpc) is 3.89. The van der Waals surface area contributed by atoms with Gasteiger partial charge >= 0.3 is 71.6 Å². The van der Waals surface area contributed by atoms with Crippen LogP contribution in [-0.4, -0.2) is 210 Å². The van der Waals surface area contributed by atoms with Crippen molar-refractivity contribution in [3.63, 3.8) is 0 Å². The maximum Gasteiger partial charge on any atom is 0.321 e. The van der Waals surface area contributed by atoms with Crippen molar-refractivity contribution in [2.24, 2.45) is 75.1 Å². The molecule has 38 nitrogen and oxygen atoms in total. The number of guanidine groups is 1. The highest BCUT2D eigenvalue weighted by atomic mass is 16.4. The van der Waals surface area contributed by atoms with E-state index in [0.717, 1.165) is 6.42 Å². The molecule has 0 aliphatic carbocycles. The Morgan fingerprint density at radius 2 is 0.869 bits per heavy atom. The molecule has 1 aromatic rings. The first-order chi connectivity index (χ1) is 38.2. The third kappa shape index (κ3) is 71.8. The van der Waals surface area contributed by atoms with Crippen LogP contribution in [0.3, 0.4) is 0 Å². The van der Waals surface area contributed by atoms with Gasteiger partial charge in [0.25, 0.3) is 0 Å². The van der Waals surface area contributed by atoms with E-state index < -0.39 is 132 Å². The third-order valence-corrected chi connectivity index (χ3v) is 9.29. The molecule has 0 spiro atoms. The van der Waals surface area contributed by atoms with Gasteiger partial charge in [0, 0.05) is 32.0 Å². The molecule has 1 aromatic heterocycles. The first-order valence-electron chi connectivity index (χ1n) is 24.7. The molecule has 0 amide bonds. The first kappa shape index (κ1) is 92.2. The van der Waals surface area contributed by atoms with Gasteiger partial charge < -0.3 is 129 Å². The molecule has 0 bridgehead atoms. The molecule has 0 saturated heterocycles. The van der Waals surface area contributed by atoms with E-state index in [9.17, 15) is 57.5 Å². The van der Waals surface area contributed by atoms with Crippen molar-refractivity contribution in [1.82, 2.24) is 15.3 Å². The minimum atomic E-state index is -1.29. The minimum Gasteiger partial charge on any atom is -0.481 e. The van der Waals surface area contributed by atoms with Crippen molar-refractivity contribution in [2.75, 3.05) is 6.54 Å². The molecule has 0 aliphatic heterocycles. The van der Waals surface area contributed by atoms with Crippen LogP contribution in [0.5, 0.6) is 0 Å². The van der Waals surface area contributed by atoms with Gasteiger partial charge in [-0.3, -0.25) is 62.9 Å². The van der Waals surface area contributed by atoms with Gasteiger partial charge in [0.2, 0.25) is 0 Å². The number of H-pyrrole nitrogens is 1. The fourth-order valence-corrected chi connectivity index (χ4v) is 3.86.